The molecule has 1 saturated carbocycles. The molecule has 0 spiro atoms. The molecule has 0 aliphatic heterocycles. The van der Waals surface area contributed by atoms with Crippen LogP contribution in [0.4, 0.5) is 4.79 Å². The fourth-order valence-corrected chi connectivity index (χ4v) is 2.97. The van der Waals surface area contributed by atoms with Crippen LogP contribution < -0.4 is 16.0 Å². The number of carboxylic acid groups (broad SMARTS) is 1. The highest BCUT2D eigenvalue weighted by Crippen LogP contribution is 2.28. The van der Waals surface area contributed by atoms with Gasteiger partial charge < -0.3 is 25.8 Å². The largest absolute Gasteiger partial charge is 0.480 e. The first-order valence-electron chi connectivity index (χ1n) is 9.69. The molecule has 0 aromatic heterocycles. The van der Waals surface area contributed by atoms with Gasteiger partial charge in [0.15, 0.2) is 0 Å². The van der Waals surface area contributed by atoms with Gasteiger partial charge in [-0.3, -0.25) is 14.4 Å². The molecule has 0 aromatic rings. The molecule has 0 radical (unpaired) electrons. The first-order valence-corrected chi connectivity index (χ1v) is 9.69. The van der Waals surface area contributed by atoms with Crippen LogP contribution >= 0.6 is 0 Å². The monoisotopic (exact) mass is 399 g/mol. The van der Waals surface area contributed by atoms with Crippen molar-refractivity contribution in [3.05, 3.63) is 0 Å². The first-order chi connectivity index (χ1) is 12.9. The van der Waals surface area contributed by atoms with Crippen molar-refractivity contribution in [1.82, 2.24) is 16.0 Å². The lowest BCUT2D eigenvalue weighted by atomic mass is 9.81. The van der Waals surface area contributed by atoms with Gasteiger partial charge in [-0.2, -0.15) is 0 Å². The van der Waals surface area contributed by atoms with Crippen molar-refractivity contribution >= 4 is 23.9 Å². The van der Waals surface area contributed by atoms with Crippen LogP contribution in [0.15, 0.2) is 0 Å². The van der Waals surface area contributed by atoms with Gasteiger partial charge in [0.1, 0.15) is 17.7 Å². The third kappa shape index (κ3) is 8.58. The van der Waals surface area contributed by atoms with Gasteiger partial charge in [0.25, 0.3) is 0 Å². The van der Waals surface area contributed by atoms with E-state index in [-0.39, 0.29) is 23.7 Å². The number of carbonyl (C=O) groups is 4. The summed E-state index contributed by atoms with van der Waals surface area (Å²) >= 11 is 0. The number of amides is 3. The molecule has 0 bridgehead atoms. The highest BCUT2D eigenvalue weighted by atomic mass is 16.6. The Balaban J connectivity index is 2.32. The molecular formula is C19H33N3O6. The summed E-state index contributed by atoms with van der Waals surface area (Å²) in [7, 11) is 0. The molecule has 28 heavy (non-hydrogen) atoms. The lowest BCUT2D eigenvalue weighted by molar-refractivity contribution is -0.142. The maximum Gasteiger partial charge on any atom is 0.408 e. The van der Waals surface area contributed by atoms with E-state index in [1.54, 1.807) is 27.7 Å². The van der Waals surface area contributed by atoms with E-state index >= 15 is 0 Å². The van der Waals surface area contributed by atoms with Crippen LogP contribution in [-0.4, -0.2) is 53.2 Å². The van der Waals surface area contributed by atoms with Crippen LogP contribution in [0, 0.1) is 11.8 Å². The lowest BCUT2D eigenvalue weighted by Crippen LogP contribution is -2.47. The van der Waals surface area contributed by atoms with E-state index in [2.05, 4.69) is 16.0 Å². The predicted molar refractivity (Wildman–Crippen MR) is 103 cm³/mol. The van der Waals surface area contributed by atoms with E-state index in [9.17, 15) is 19.2 Å². The number of hydrogen-bond acceptors (Lipinski definition) is 5. The van der Waals surface area contributed by atoms with Crippen LogP contribution in [0.25, 0.3) is 0 Å². The number of ether oxygens (including phenoxy) is 1. The third-order valence-electron chi connectivity index (χ3n) is 4.64. The van der Waals surface area contributed by atoms with Crippen molar-refractivity contribution < 1.29 is 29.0 Å². The highest BCUT2D eigenvalue weighted by molar-refractivity contribution is 5.85. The van der Waals surface area contributed by atoms with Crippen LogP contribution in [0.2, 0.25) is 0 Å². The molecule has 9 nitrogen and oxygen atoms in total. The average Bonchev–Trinajstić information content (AvgIpc) is 2.57. The second kappa shape index (κ2) is 10.3. The minimum Gasteiger partial charge on any atom is -0.480 e. The van der Waals surface area contributed by atoms with Crippen molar-refractivity contribution in [2.24, 2.45) is 11.8 Å². The van der Waals surface area contributed by atoms with Gasteiger partial charge in [-0.25, -0.2) is 4.79 Å². The van der Waals surface area contributed by atoms with Crippen molar-refractivity contribution in [2.75, 3.05) is 6.54 Å². The van der Waals surface area contributed by atoms with Gasteiger partial charge in [0, 0.05) is 12.5 Å². The molecule has 1 fully saturated rings. The quantitative estimate of drug-likeness (QED) is 0.511. The number of carboxylic acids is 1. The number of hydrogen-bond donors (Lipinski definition) is 4. The van der Waals surface area contributed by atoms with Crippen molar-refractivity contribution in [2.45, 2.75) is 78.0 Å². The molecule has 0 saturated heterocycles. The molecular weight excluding hydrogens is 366 g/mol. The summed E-state index contributed by atoms with van der Waals surface area (Å²) in [4.78, 5) is 46.8. The summed E-state index contributed by atoms with van der Waals surface area (Å²) in [5.41, 5.74) is -0.631. The van der Waals surface area contributed by atoms with Crippen LogP contribution in [0.3, 0.4) is 0 Å². The smallest absolute Gasteiger partial charge is 0.408 e. The van der Waals surface area contributed by atoms with E-state index in [1.165, 1.54) is 6.92 Å². The zero-order valence-corrected chi connectivity index (χ0v) is 17.3. The van der Waals surface area contributed by atoms with Gasteiger partial charge in [0.2, 0.25) is 11.8 Å². The van der Waals surface area contributed by atoms with E-state index in [0.29, 0.717) is 19.4 Å². The molecule has 2 unspecified atom stereocenters. The van der Waals surface area contributed by atoms with Crippen LogP contribution in [-0.2, 0) is 19.1 Å². The Kier molecular flexibility index (Phi) is 8.71. The molecule has 1 rings (SSSR count). The maximum atomic E-state index is 12.1. The lowest BCUT2D eigenvalue weighted by Gasteiger charge is -2.28. The number of rotatable bonds is 7. The van der Waals surface area contributed by atoms with Crippen molar-refractivity contribution in [3.63, 3.8) is 0 Å². The number of aliphatic carboxylic acids is 1. The Morgan fingerprint density at radius 3 is 2.07 bits per heavy atom. The minimum absolute atomic E-state index is 0.193. The van der Waals surface area contributed by atoms with Crippen LogP contribution in [0.1, 0.15) is 60.3 Å². The summed E-state index contributed by atoms with van der Waals surface area (Å²) in [5, 5.41) is 16.7. The van der Waals surface area contributed by atoms with Gasteiger partial charge in [-0.15, -0.1) is 0 Å². The fourth-order valence-electron chi connectivity index (χ4n) is 2.97. The van der Waals surface area contributed by atoms with Gasteiger partial charge in [0.05, 0.1) is 0 Å². The standard InChI is InChI=1S/C19H33N3O6/c1-11(22-18(27)28-19(3,4)5)15(23)20-10-13-6-8-14(9-7-13)16(24)21-12(2)17(25)26/h11-14H,6-10H2,1-5H3,(H,20,23)(H,21,24)(H,22,27)(H,25,26). The normalized spacial score (nSPS) is 21.8. The molecule has 3 amide bonds. The number of nitrogens with one attached hydrogen (secondary N) is 3. The molecule has 9 heteroatoms. The molecule has 0 aromatic carbocycles. The van der Waals surface area contributed by atoms with Gasteiger partial charge >= 0.3 is 12.1 Å². The van der Waals surface area contributed by atoms with E-state index in [1.807, 2.05) is 0 Å². The van der Waals surface area contributed by atoms with Gasteiger partial charge in [-0.1, -0.05) is 0 Å². The zero-order chi connectivity index (χ0) is 21.5. The summed E-state index contributed by atoms with van der Waals surface area (Å²) in [6, 6.07) is -1.61. The Morgan fingerprint density at radius 1 is 1.00 bits per heavy atom. The fraction of sp³-hybridized carbons (Fsp3) is 0.789. The van der Waals surface area contributed by atoms with Crippen LogP contribution in [0.5, 0.6) is 0 Å². The third-order valence-corrected chi connectivity index (χ3v) is 4.64. The van der Waals surface area contributed by atoms with E-state index < -0.39 is 29.7 Å². The maximum absolute atomic E-state index is 12.1. The van der Waals surface area contributed by atoms with Gasteiger partial charge in [-0.05, 0) is 66.2 Å². The number of carbonyl (C=O) groups excluding carboxylic acids is 3. The second-order valence-corrected chi connectivity index (χ2v) is 8.40. The minimum atomic E-state index is -1.06. The summed E-state index contributed by atoms with van der Waals surface area (Å²) < 4.78 is 5.12. The molecule has 2 atom stereocenters. The molecule has 0 heterocycles. The second-order valence-electron chi connectivity index (χ2n) is 8.40. The Bertz CT molecular complexity index is 579. The SMILES string of the molecule is CC(NC(=O)C1CCC(CNC(=O)C(C)NC(=O)OC(C)(C)C)CC1)C(=O)O. The predicted octanol–water partition coefficient (Wildman–Crippen LogP) is 1.41. The Morgan fingerprint density at radius 2 is 1.57 bits per heavy atom. The molecule has 4 N–H and O–H groups in total. The average molecular weight is 399 g/mol. The Hall–Kier alpha value is -2.32. The summed E-state index contributed by atoms with van der Waals surface area (Å²) in [5.74, 6) is -1.52. The van der Waals surface area contributed by atoms with E-state index in [0.717, 1.165) is 12.8 Å². The zero-order valence-electron chi connectivity index (χ0n) is 17.3. The molecule has 160 valence electrons. The molecule has 1 aliphatic rings. The summed E-state index contributed by atoms with van der Waals surface area (Å²) in [6.45, 7) is 8.74. The van der Waals surface area contributed by atoms with Crippen molar-refractivity contribution in [3.8, 4) is 0 Å². The van der Waals surface area contributed by atoms with Crippen molar-refractivity contribution in [1.29, 1.82) is 0 Å². The highest BCUT2D eigenvalue weighted by Gasteiger charge is 2.28. The summed E-state index contributed by atoms with van der Waals surface area (Å²) in [6.07, 6.45) is 2.22. The topological polar surface area (TPSA) is 134 Å². The van der Waals surface area contributed by atoms with E-state index in [4.69, 9.17) is 9.84 Å². The first kappa shape index (κ1) is 23.7. The molecule has 1 aliphatic carbocycles. The Labute approximate surface area is 166 Å². The number of alkyl carbamates (subject to hydrolysis) is 1.